The van der Waals surface area contributed by atoms with E-state index >= 15 is 0 Å². The minimum atomic E-state index is -0.409. The minimum Gasteiger partial charge on any atom is -0.462 e. The minimum absolute atomic E-state index is 0.0166. The average Bonchev–Trinajstić information content (AvgIpc) is 2.67. The van der Waals surface area contributed by atoms with E-state index in [1.807, 2.05) is 18.2 Å². The van der Waals surface area contributed by atoms with Gasteiger partial charge in [-0.25, -0.2) is 0 Å². The quantitative estimate of drug-likeness (QED) is 0.573. The lowest BCUT2D eigenvalue weighted by Gasteiger charge is -2.14. The second-order valence-electron chi connectivity index (χ2n) is 4.03. The van der Waals surface area contributed by atoms with E-state index in [0.29, 0.717) is 18.7 Å². The summed E-state index contributed by atoms with van der Waals surface area (Å²) in [7, 11) is 1.54. The van der Waals surface area contributed by atoms with Crippen LogP contribution in [0.3, 0.4) is 0 Å². The molecule has 1 amide bonds. The largest absolute Gasteiger partial charge is 0.462 e. The molecule has 1 aliphatic heterocycles. The zero-order valence-corrected chi connectivity index (χ0v) is 10.2. The number of ether oxygens (including phenoxy) is 2. The lowest BCUT2D eigenvalue weighted by molar-refractivity contribution is -0.145. The van der Waals surface area contributed by atoms with Crippen LogP contribution in [0.1, 0.15) is 15.9 Å². The van der Waals surface area contributed by atoms with Crippen LogP contribution in [0.4, 0.5) is 0 Å². The van der Waals surface area contributed by atoms with Crippen molar-refractivity contribution in [3.05, 3.63) is 35.4 Å². The molecule has 1 aromatic carbocycles. The lowest BCUT2D eigenvalue weighted by Crippen LogP contribution is -2.31. The highest BCUT2D eigenvalue weighted by atomic mass is 16.6. The van der Waals surface area contributed by atoms with E-state index in [-0.39, 0.29) is 19.1 Å². The number of benzene rings is 1. The summed E-state index contributed by atoms with van der Waals surface area (Å²) in [6.45, 7) is 1.02. The van der Waals surface area contributed by atoms with E-state index < -0.39 is 5.97 Å². The standard InChI is InChI=1S/C13H15NO4/c1-17-6-7-18-12(15)9-14-8-10-4-2-3-5-11(10)13(14)16/h2-5H,6-9H2,1H3. The molecule has 0 atom stereocenters. The van der Waals surface area contributed by atoms with Crippen molar-refractivity contribution in [3.8, 4) is 0 Å². The number of methoxy groups -OCH3 is 1. The van der Waals surface area contributed by atoms with Gasteiger partial charge in [0.1, 0.15) is 13.2 Å². The first-order chi connectivity index (χ1) is 8.72. The molecule has 0 bridgehead atoms. The summed E-state index contributed by atoms with van der Waals surface area (Å²) in [5.74, 6) is -0.525. The predicted octanol–water partition coefficient (Wildman–Crippen LogP) is 0.832. The number of nitrogens with zero attached hydrogens (tertiary/aromatic N) is 1. The summed E-state index contributed by atoms with van der Waals surface area (Å²) in [5, 5.41) is 0. The monoisotopic (exact) mass is 249 g/mol. The van der Waals surface area contributed by atoms with E-state index in [1.54, 1.807) is 6.07 Å². The van der Waals surface area contributed by atoms with Crippen LogP contribution in [-0.4, -0.2) is 43.6 Å². The molecule has 5 heteroatoms. The Kier molecular flexibility index (Phi) is 3.94. The molecular weight excluding hydrogens is 234 g/mol. The molecule has 0 saturated heterocycles. The van der Waals surface area contributed by atoms with Gasteiger partial charge in [-0.05, 0) is 11.6 Å². The lowest BCUT2D eigenvalue weighted by atomic mass is 10.1. The zero-order chi connectivity index (χ0) is 13.0. The first kappa shape index (κ1) is 12.6. The van der Waals surface area contributed by atoms with Crippen molar-refractivity contribution in [3.63, 3.8) is 0 Å². The van der Waals surface area contributed by atoms with E-state index in [0.717, 1.165) is 5.56 Å². The summed E-state index contributed by atoms with van der Waals surface area (Å²) in [4.78, 5) is 24.9. The highest BCUT2D eigenvalue weighted by Crippen LogP contribution is 2.21. The number of hydrogen-bond acceptors (Lipinski definition) is 4. The molecular formula is C13H15NO4. The van der Waals surface area contributed by atoms with Gasteiger partial charge in [-0.15, -0.1) is 0 Å². The van der Waals surface area contributed by atoms with Crippen molar-refractivity contribution in [2.24, 2.45) is 0 Å². The molecule has 0 saturated carbocycles. The maximum atomic E-state index is 12.0. The van der Waals surface area contributed by atoms with Crippen LogP contribution < -0.4 is 0 Å². The average molecular weight is 249 g/mol. The summed E-state index contributed by atoms with van der Waals surface area (Å²) in [6, 6.07) is 7.36. The predicted molar refractivity (Wildman–Crippen MR) is 64.0 cm³/mol. The van der Waals surface area contributed by atoms with Crippen molar-refractivity contribution in [1.82, 2.24) is 4.90 Å². The van der Waals surface area contributed by atoms with Gasteiger partial charge in [0, 0.05) is 19.2 Å². The van der Waals surface area contributed by atoms with Gasteiger partial charge in [-0.1, -0.05) is 18.2 Å². The van der Waals surface area contributed by atoms with Gasteiger partial charge in [-0.3, -0.25) is 9.59 Å². The van der Waals surface area contributed by atoms with Crippen LogP contribution in [0, 0.1) is 0 Å². The van der Waals surface area contributed by atoms with Crippen LogP contribution >= 0.6 is 0 Å². The molecule has 0 aromatic heterocycles. The molecule has 0 unspecified atom stereocenters. The highest BCUT2D eigenvalue weighted by Gasteiger charge is 2.28. The number of rotatable bonds is 5. The van der Waals surface area contributed by atoms with Crippen LogP contribution in [0.15, 0.2) is 24.3 Å². The van der Waals surface area contributed by atoms with Crippen LogP contribution in [0.25, 0.3) is 0 Å². The van der Waals surface area contributed by atoms with Crippen LogP contribution in [0.2, 0.25) is 0 Å². The van der Waals surface area contributed by atoms with E-state index in [9.17, 15) is 9.59 Å². The van der Waals surface area contributed by atoms with Gasteiger partial charge in [0.15, 0.2) is 0 Å². The van der Waals surface area contributed by atoms with Gasteiger partial charge in [0.05, 0.1) is 6.61 Å². The maximum Gasteiger partial charge on any atom is 0.325 e. The molecule has 1 heterocycles. The van der Waals surface area contributed by atoms with Crippen molar-refractivity contribution in [2.45, 2.75) is 6.54 Å². The van der Waals surface area contributed by atoms with Gasteiger partial charge in [0.25, 0.3) is 5.91 Å². The second-order valence-corrected chi connectivity index (χ2v) is 4.03. The topological polar surface area (TPSA) is 55.8 Å². The molecule has 1 aromatic rings. The normalized spacial score (nSPS) is 13.6. The Bertz CT molecular complexity index is 458. The summed E-state index contributed by atoms with van der Waals surface area (Å²) < 4.78 is 9.71. The summed E-state index contributed by atoms with van der Waals surface area (Å²) in [6.07, 6.45) is 0. The molecule has 0 fully saturated rings. The SMILES string of the molecule is COCCOC(=O)CN1Cc2ccccc2C1=O. The molecule has 0 aliphatic carbocycles. The zero-order valence-electron chi connectivity index (χ0n) is 10.2. The summed E-state index contributed by atoms with van der Waals surface area (Å²) >= 11 is 0. The Morgan fingerprint density at radius 2 is 2.11 bits per heavy atom. The maximum absolute atomic E-state index is 12.0. The number of fused-ring (bicyclic) bond motifs is 1. The highest BCUT2D eigenvalue weighted by molar-refractivity contribution is 5.99. The molecule has 2 rings (SSSR count). The Hall–Kier alpha value is -1.88. The second kappa shape index (κ2) is 5.64. The fourth-order valence-electron chi connectivity index (χ4n) is 1.88. The third-order valence-corrected chi connectivity index (χ3v) is 2.77. The number of amides is 1. The third kappa shape index (κ3) is 2.68. The molecule has 0 spiro atoms. The number of esters is 1. The number of carbonyl (C=O) groups excluding carboxylic acids is 2. The summed E-state index contributed by atoms with van der Waals surface area (Å²) in [5.41, 5.74) is 1.62. The molecule has 18 heavy (non-hydrogen) atoms. The van der Waals surface area contributed by atoms with Crippen LogP contribution in [-0.2, 0) is 20.8 Å². The van der Waals surface area contributed by atoms with Crippen molar-refractivity contribution < 1.29 is 19.1 Å². The van der Waals surface area contributed by atoms with Crippen LogP contribution in [0.5, 0.6) is 0 Å². The Labute approximate surface area is 105 Å². The smallest absolute Gasteiger partial charge is 0.325 e. The number of carbonyl (C=O) groups is 2. The third-order valence-electron chi connectivity index (χ3n) is 2.77. The van der Waals surface area contributed by atoms with Gasteiger partial charge in [0.2, 0.25) is 0 Å². The van der Waals surface area contributed by atoms with E-state index in [1.165, 1.54) is 12.0 Å². The molecule has 1 aliphatic rings. The first-order valence-corrected chi connectivity index (χ1v) is 5.74. The molecule has 0 N–H and O–H groups in total. The van der Waals surface area contributed by atoms with E-state index in [4.69, 9.17) is 9.47 Å². The fourth-order valence-corrected chi connectivity index (χ4v) is 1.88. The molecule has 5 nitrogen and oxygen atoms in total. The Morgan fingerprint density at radius 1 is 1.33 bits per heavy atom. The van der Waals surface area contributed by atoms with Crippen molar-refractivity contribution in [1.29, 1.82) is 0 Å². The fraction of sp³-hybridized carbons (Fsp3) is 0.385. The Morgan fingerprint density at radius 3 is 2.83 bits per heavy atom. The van der Waals surface area contributed by atoms with Gasteiger partial charge in [-0.2, -0.15) is 0 Å². The van der Waals surface area contributed by atoms with E-state index in [2.05, 4.69) is 0 Å². The van der Waals surface area contributed by atoms with Gasteiger partial charge >= 0.3 is 5.97 Å². The Balaban J connectivity index is 1.90. The van der Waals surface area contributed by atoms with Crippen molar-refractivity contribution >= 4 is 11.9 Å². The molecule has 96 valence electrons. The van der Waals surface area contributed by atoms with Crippen molar-refractivity contribution in [2.75, 3.05) is 26.9 Å². The number of hydrogen-bond donors (Lipinski definition) is 0. The molecule has 0 radical (unpaired) electrons. The first-order valence-electron chi connectivity index (χ1n) is 5.74. The van der Waals surface area contributed by atoms with Gasteiger partial charge < -0.3 is 14.4 Å².